The highest BCUT2D eigenvalue weighted by Crippen LogP contribution is 2.48. The first kappa shape index (κ1) is 20.8. The van der Waals surface area contributed by atoms with E-state index in [1.54, 1.807) is 6.07 Å². The largest absolute Gasteiger partial charge is 0.494 e. The van der Waals surface area contributed by atoms with Crippen molar-refractivity contribution in [1.29, 1.82) is 0 Å². The molecule has 0 unspecified atom stereocenters. The van der Waals surface area contributed by atoms with Crippen LogP contribution in [0.2, 0.25) is 0 Å². The number of anilines is 2. The van der Waals surface area contributed by atoms with E-state index in [1.165, 1.54) is 0 Å². The number of cyclic esters (lactones) is 1. The molecule has 1 heterocycles. The van der Waals surface area contributed by atoms with Crippen molar-refractivity contribution in [2.45, 2.75) is 12.5 Å². The van der Waals surface area contributed by atoms with E-state index in [0.29, 0.717) is 17.9 Å². The fourth-order valence-corrected chi connectivity index (χ4v) is 4.09. The molecule has 4 rings (SSSR count). The molecule has 0 aliphatic carbocycles. The van der Waals surface area contributed by atoms with Gasteiger partial charge in [0, 0.05) is 56.3 Å². The Morgan fingerprint density at radius 2 is 1.32 bits per heavy atom. The Balaban J connectivity index is 1.92. The molecule has 0 spiro atoms. The number of ether oxygens (including phenoxy) is 2. The molecule has 31 heavy (non-hydrogen) atoms. The summed E-state index contributed by atoms with van der Waals surface area (Å²) in [5.74, 6) is 0.324. The summed E-state index contributed by atoms with van der Waals surface area (Å²) in [6.07, 6.45) is 0. The van der Waals surface area contributed by atoms with Crippen molar-refractivity contribution in [2.75, 3.05) is 44.6 Å². The average Bonchev–Trinajstić information content (AvgIpc) is 3.07. The molecule has 160 valence electrons. The lowest BCUT2D eigenvalue weighted by atomic mass is 9.79. The zero-order chi connectivity index (χ0) is 22.2. The van der Waals surface area contributed by atoms with Crippen LogP contribution < -0.4 is 14.5 Å². The van der Waals surface area contributed by atoms with Gasteiger partial charge < -0.3 is 19.3 Å². The van der Waals surface area contributed by atoms with Gasteiger partial charge in [-0.15, -0.1) is 0 Å². The van der Waals surface area contributed by atoms with Gasteiger partial charge in [-0.25, -0.2) is 4.79 Å². The molecule has 0 saturated carbocycles. The average molecular weight is 417 g/mol. The Hall–Kier alpha value is -3.47. The van der Waals surface area contributed by atoms with E-state index in [0.717, 1.165) is 28.1 Å². The second kappa shape index (κ2) is 7.99. The molecule has 0 fully saturated rings. The van der Waals surface area contributed by atoms with Crippen molar-refractivity contribution in [1.82, 2.24) is 0 Å². The van der Waals surface area contributed by atoms with Crippen LogP contribution >= 0.6 is 0 Å². The van der Waals surface area contributed by atoms with Crippen LogP contribution in [0.4, 0.5) is 11.4 Å². The molecule has 3 aromatic carbocycles. The first-order chi connectivity index (χ1) is 14.9. The maximum absolute atomic E-state index is 13.0. The summed E-state index contributed by atoms with van der Waals surface area (Å²) in [5.41, 5.74) is 4.35. The zero-order valence-corrected chi connectivity index (χ0v) is 18.7. The minimum Gasteiger partial charge on any atom is -0.494 e. The minimum absolute atomic E-state index is 0.343. The Morgan fingerprint density at radius 1 is 0.806 bits per heavy atom. The van der Waals surface area contributed by atoms with Gasteiger partial charge in [0.15, 0.2) is 5.60 Å². The number of fused-ring (bicyclic) bond motifs is 1. The monoisotopic (exact) mass is 416 g/mol. The first-order valence-corrected chi connectivity index (χ1v) is 10.4. The molecule has 1 aliphatic rings. The van der Waals surface area contributed by atoms with Crippen molar-refractivity contribution in [3.63, 3.8) is 0 Å². The second-order valence-corrected chi connectivity index (χ2v) is 8.09. The third-order valence-corrected chi connectivity index (χ3v) is 5.73. The normalized spacial score (nSPS) is 14.0. The highest BCUT2D eigenvalue weighted by atomic mass is 16.6. The molecule has 3 aromatic rings. The van der Waals surface area contributed by atoms with Gasteiger partial charge in [-0.05, 0) is 49.4 Å². The summed E-state index contributed by atoms with van der Waals surface area (Å²) in [6.45, 7) is 2.46. The van der Waals surface area contributed by atoms with Gasteiger partial charge in [-0.3, -0.25) is 0 Å². The molecule has 1 aliphatic heterocycles. The predicted octanol–water partition coefficient (Wildman–Crippen LogP) is 4.68. The topological polar surface area (TPSA) is 42.0 Å². The molecule has 0 saturated heterocycles. The lowest BCUT2D eigenvalue weighted by Crippen LogP contribution is -2.29. The number of nitrogens with zero attached hydrogens (tertiary/aromatic N) is 2. The van der Waals surface area contributed by atoms with Crippen LogP contribution in [0.1, 0.15) is 34.0 Å². The molecule has 5 nitrogen and oxygen atoms in total. The molecular weight excluding hydrogens is 388 g/mol. The maximum atomic E-state index is 13.0. The Bertz CT molecular complexity index is 1040. The lowest BCUT2D eigenvalue weighted by Gasteiger charge is -2.31. The smallest absolute Gasteiger partial charge is 0.340 e. The minimum atomic E-state index is -1.01. The third kappa shape index (κ3) is 3.50. The Kier molecular flexibility index (Phi) is 5.36. The summed E-state index contributed by atoms with van der Waals surface area (Å²) in [4.78, 5) is 17.1. The molecule has 0 amide bonds. The Morgan fingerprint density at radius 3 is 1.77 bits per heavy atom. The fraction of sp³-hybridized carbons (Fsp3) is 0.269. The highest BCUT2D eigenvalue weighted by molar-refractivity contribution is 5.97. The fourth-order valence-electron chi connectivity index (χ4n) is 4.09. The number of hydrogen-bond acceptors (Lipinski definition) is 5. The standard InChI is InChI=1S/C26H28N2O3/c1-6-30-22-15-16-24-23(17-22)25(29)31-26(24,18-7-11-20(12-8-18)27(2)3)19-9-13-21(14-10-19)28(4)5/h7-17H,6H2,1-5H3. The van der Waals surface area contributed by atoms with Crippen LogP contribution in [0.5, 0.6) is 5.75 Å². The molecule has 5 heteroatoms. The summed E-state index contributed by atoms with van der Waals surface area (Å²) in [6, 6.07) is 22.0. The van der Waals surface area contributed by atoms with E-state index in [-0.39, 0.29) is 5.97 Å². The van der Waals surface area contributed by atoms with Gasteiger partial charge in [0.2, 0.25) is 0 Å². The van der Waals surface area contributed by atoms with Crippen LogP contribution in [-0.4, -0.2) is 40.8 Å². The van der Waals surface area contributed by atoms with Gasteiger partial charge >= 0.3 is 5.97 Å². The zero-order valence-electron chi connectivity index (χ0n) is 18.7. The predicted molar refractivity (Wildman–Crippen MR) is 124 cm³/mol. The van der Waals surface area contributed by atoms with E-state index in [2.05, 4.69) is 0 Å². The van der Waals surface area contributed by atoms with E-state index in [1.807, 2.05) is 106 Å². The van der Waals surface area contributed by atoms with Crippen molar-refractivity contribution in [2.24, 2.45) is 0 Å². The van der Waals surface area contributed by atoms with Crippen LogP contribution in [0, 0.1) is 0 Å². The number of rotatable bonds is 6. The van der Waals surface area contributed by atoms with Crippen LogP contribution in [0.25, 0.3) is 0 Å². The highest BCUT2D eigenvalue weighted by Gasteiger charge is 2.48. The summed E-state index contributed by atoms with van der Waals surface area (Å²) in [7, 11) is 8.02. The SMILES string of the molecule is CCOc1ccc2c(c1)C(=O)OC2(c1ccc(N(C)C)cc1)c1ccc(N(C)C)cc1. The molecular formula is C26H28N2O3. The second-order valence-electron chi connectivity index (χ2n) is 8.09. The van der Waals surface area contributed by atoms with E-state index < -0.39 is 5.60 Å². The molecule has 0 N–H and O–H groups in total. The lowest BCUT2D eigenvalue weighted by molar-refractivity contribution is 0.0251. The third-order valence-electron chi connectivity index (χ3n) is 5.73. The summed E-state index contributed by atoms with van der Waals surface area (Å²) in [5, 5.41) is 0. The van der Waals surface area contributed by atoms with Gasteiger partial charge in [0.05, 0.1) is 12.2 Å². The number of benzene rings is 3. The van der Waals surface area contributed by atoms with E-state index in [9.17, 15) is 4.79 Å². The van der Waals surface area contributed by atoms with Gasteiger partial charge in [0.1, 0.15) is 5.75 Å². The van der Waals surface area contributed by atoms with E-state index in [4.69, 9.17) is 9.47 Å². The number of carbonyl (C=O) groups is 1. The molecule has 0 atom stereocenters. The number of esters is 1. The first-order valence-electron chi connectivity index (χ1n) is 10.4. The van der Waals surface area contributed by atoms with Gasteiger partial charge in [-0.1, -0.05) is 24.3 Å². The molecule has 0 bridgehead atoms. The molecule has 0 radical (unpaired) electrons. The van der Waals surface area contributed by atoms with Crippen LogP contribution in [0.3, 0.4) is 0 Å². The molecule has 0 aromatic heterocycles. The van der Waals surface area contributed by atoms with Gasteiger partial charge in [-0.2, -0.15) is 0 Å². The van der Waals surface area contributed by atoms with Crippen molar-refractivity contribution >= 4 is 17.3 Å². The quantitative estimate of drug-likeness (QED) is 0.546. The van der Waals surface area contributed by atoms with E-state index >= 15 is 0 Å². The number of carbonyl (C=O) groups excluding carboxylic acids is 1. The van der Waals surface area contributed by atoms with Crippen LogP contribution in [-0.2, 0) is 10.3 Å². The maximum Gasteiger partial charge on any atom is 0.340 e. The van der Waals surface area contributed by atoms with Crippen LogP contribution in [0.15, 0.2) is 66.7 Å². The van der Waals surface area contributed by atoms with Crippen molar-refractivity contribution in [3.05, 3.63) is 89.0 Å². The Labute approximate surface area is 183 Å². The summed E-state index contributed by atoms with van der Waals surface area (Å²) < 4.78 is 11.8. The van der Waals surface area contributed by atoms with Crippen molar-refractivity contribution in [3.8, 4) is 5.75 Å². The van der Waals surface area contributed by atoms with Crippen molar-refractivity contribution < 1.29 is 14.3 Å². The van der Waals surface area contributed by atoms with Gasteiger partial charge in [0.25, 0.3) is 0 Å². The number of hydrogen-bond donors (Lipinski definition) is 0. The summed E-state index contributed by atoms with van der Waals surface area (Å²) >= 11 is 0.